The van der Waals surface area contributed by atoms with Crippen LogP contribution in [-0.4, -0.2) is 49.3 Å². The van der Waals surface area contributed by atoms with Crippen LogP contribution in [0.25, 0.3) is 0 Å². The first-order valence-electron chi connectivity index (χ1n) is 6.66. The van der Waals surface area contributed by atoms with Crippen LogP contribution >= 0.6 is 0 Å². The van der Waals surface area contributed by atoms with Crippen LogP contribution in [-0.2, 0) is 4.74 Å². The van der Waals surface area contributed by atoms with E-state index in [0.717, 1.165) is 19.0 Å². The molecule has 0 saturated carbocycles. The molecule has 16 heavy (non-hydrogen) atoms. The van der Waals surface area contributed by atoms with Crippen molar-refractivity contribution in [3.63, 3.8) is 0 Å². The zero-order valence-corrected chi connectivity index (χ0v) is 11.0. The summed E-state index contributed by atoms with van der Waals surface area (Å²) < 4.78 is 5.94. The van der Waals surface area contributed by atoms with E-state index in [2.05, 4.69) is 31.0 Å². The van der Waals surface area contributed by atoms with Gasteiger partial charge in [0.25, 0.3) is 0 Å². The van der Waals surface area contributed by atoms with E-state index < -0.39 is 0 Å². The highest BCUT2D eigenvalue weighted by Crippen LogP contribution is 2.22. The molecule has 0 amide bonds. The third-order valence-corrected chi connectivity index (χ3v) is 3.56. The molecule has 3 nitrogen and oxygen atoms in total. The Morgan fingerprint density at radius 1 is 1.44 bits per heavy atom. The Morgan fingerprint density at radius 2 is 2.25 bits per heavy atom. The minimum atomic E-state index is 0.0275. The largest absolute Gasteiger partial charge is 0.370 e. The van der Waals surface area contributed by atoms with Crippen molar-refractivity contribution in [3.05, 3.63) is 0 Å². The fourth-order valence-corrected chi connectivity index (χ4v) is 3.17. The molecule has 0 radical (unpaired) electrons. The smallest absolute Gasteiger partial charge is 0.0757 e. The molecule has 2 saturated heterocycles. The molecule has 2 aliphatic rings. The van der Waals surface area contributed by atoms with Gasteiger partial charge in [-0.1, -0.05) is 0 Å². The first-order valence-corrected chi connectivity index (χ1v) is 6.66. The molecule has 0 aliphatic carbocycles. The highest BCUT2D eigenvalue weighted by Gasteiger charge is 2.32. The van der Waals surface area contributed by atoms with Gasteiger partial charge in [0.2, 0.25) is 0 Å². The Balaban J connectivity index is 1.84. The Bertz CT molecular complexity index is 224. The Morgan fingerprint density at radius 3 is 2.88 bits per heavy atom. The standard InChI is InChI=1S/C13H26N2O/c1-11-8-15(10-13(2,3)16-11)9-12-5-4-6-14-7-12/h11-12,14H,4-10H2,1-3H3. The van der Waals surface area contributed by atoms with Gasteiger partial charge in [-0.25, -0.2) is 0 Å². The fraction of sp³-hybridized carbons (Fsp3) is 1.00. The summed E-state index contributed by atoms with van der Waals surface area (Å²) in [7, 11) is 0. The first-order chi connectivity index (χ1) is 7.55. The minimum Gasteiger partial charge on any atom is -0.370 e. The fourth-order valence-electron chi connectivity index (χ4n) is 3.17. The van der Waals surface area contributed by atoms with Crippen LogP contribution in [0, 0.1) is 5.92 Å². The summed E-state index contributed by atoms with van der Waals surface area (Å²) in [5.41, 5.74) is 0.0275. The van der Waals surface area contributed by atoms with Crippen molar-refractivity contribution in [1.82, 2.24) is 10.2 Å². The van der Waals surface area contributed by atoms with Gasteiger partial charge in [0, 0.05) is 19.6 Å². The van der Waals surface area contributed by atoms with Crippen LogP contribution < -0.4 is 5.32 Å². The van der Waals surface area contributed by atoms with Crippen molar-refractivity contribution in [1.29, 1.82) is 0 Å². The number of morpholine rings is 1. The molecule has 94 valence electrons. The number of nitrogens with one attached hydrogen (secondary N) is 1. The van der Waals surface area contributed by atoms with E-state index >= 15 is 0 Å². The molecule has 2 fully saturated rings. The van der Waals surface area contributed by atoms with E-state index in [1.165, 1.54) is 32.5 Å². The average Bonchev–Trinajstić information content (AvgIpc) is 2.15. The van der Waals surface area contributed by atoms with Crippen LogP contribution in [0.3, 0.4) is 0 Å². The summed E-state index contributed by atoms with van der Waals surface area (Å²) in [4.78, 5) is 2.59. The molecule has 0 aromatic carbocycles. The summed E-state index contributed by atoms with van der Waals surface area (Å²) in [6, 6.07) is 0. The Hall–Kier alpha value is -0.120. The van der Waals surface area contributed by atoms with Gasteiger partial charge in [0.05, 0.1) is 11.7 Å². The molecule has 0 spiro atoms. The summed E-state index contributed by atoms with van der Waals surface area (Å²) in [5.74, 6) is 0.842. The normalized spacial score (nSPS) is 36.2. The van der Waals surface area contributed by atoms with E-state index in [-0.39, 0.29) is 5.60 Å². The Kier molecular flexibility index (Phi) is 3.88. The van der Waals surface area contributed by atoms with Gasteiger partial charge in [-0.05, 0) is 52.6 Å². The van der Waals surface area contributed by atoms with Crippen molar-refractivity contribution in [3.8, 4) is 0 Å². The van der Waals surface area contributed by atoms with Crippen LogP contribution in [0.15, 0.2) is 0 Å². The third kappa shape index (κ3) is 3.44. The first kappa shape index (κ1) is 12.3. The highest BCUT2D eigenvalue weighted by molar-refractivity contribution is 4.84. The quantitative estimate of drug-likeness (QED) is 0.772. The van der Waals surface area contributed by atoms with Crippen LogP contribution in [0.2, 0.25) is 0 Å². The molecule has 0 aromatic heterocycles. The predicted molar refractivity (Wildman–Crippen MR) is 66.7 cm³/mol. The maximum absolute atomic E-state index is 5.94. The lowest BCUT2D eigenvalue weighted by atomic mass is 9.97. The van der Waals surface area contributed by atoms with Crippen LogP contribution in [0.1, 0.15) is 33.6 Å². The number of piperidine rings is 1. The average molecular weight is 226 g/mol. The number of hydrogen-bond donors (Lipinski definition) is 1. The lowest BCUT2D eigenvalue weighted by molar-refractivity contribution is -0.131. The second kappa shape index (κ2) is 5.03. The summed E-state index contributed by atoms with van der Waals surface area (Å²) in [5, 5.41) is 3.50. The summed E-state index contributed by atoms with van der Waals surface area (Å²) >= 11 is 0. The predicted octanol–water partition coefficient (Wildman–Crippen LogP) is 1.49. The Labute approximate surface area is 99.5 Å². The molecule has 2 aliphatic heterocycles. The van der Waals surface area contributed by atoms with E-state index in [4.69, 9.17) is 4.74 Å². The van der Waals surface area contributed by atoms with Crippen LogP contribution in [0.5, 0.6) is 0 Å². The maximum Gasteiger partial charge on any atom is 0.0757 e. The van der Waals surface area contributed by atoms with E-state index in [1.807, 2.05) is 0 Å². The number of hydrogen-bond acceptors (Lipinski definition) is 3. The summed E-state index contributed by atoms with van der Waals surface area (Å²) in [6.07, 6.45) is 3.10. The van der Waals surface area contributed by atoms with E-state index in [1.54, 1.807) is 0 Å². The van der Waals surface area contributed by atoms with Crippen molar-refractivity contribution in [2.24, 2.45) is 5.92 Å². The maximum atomic E-state index is 5.94. The van der Waals surface area contributed by atoms with E-state index in [0.29, 0.717) is 6.10 Å². The zero-order chi connectivity index (χ0) is 11.6. The van der Waals surface area contributed by atoms with Crippen molar-refractivity contribution in [2.75, 3.05) is 32.7 Å². The number of rotatable bonds is 2. The van der Waals surface area contributed by atoms with Crippen molar-refractivity contribution < 1.29 is 4.74 Å². The molecule has 2 unspecified atom stereocenters. The zero-order valence-electron chi connectivity index (χ0n) is 11.0. The van der Waals surface area contributed by atoms with Crippen molar-refractivity contribution >= 4 is 0 Å². The molecule has 0 bridgehead atoms. The molecule has 1 N–H and O–H groups in total. The van der Waals surface area contributed by atoms with Crippen molar-refractivity contribution in [2.45, 2.75) is 45.3 Å². The van der Waals surface area contributed by atoms with Crippen LogP contribution in [0.4, 0.5) is 0 Å². The highest BCUT2D eigenvalue weighted by atomic mass is 16.5. The second-order valence-corrected chi connectivity index (χ2v) is 6.09. The SMILES string of the molecule is CC1CN(CC2CCCNC2)CC(C)(C)O1. The van der Waals surface area contributed by atoms with Gasteiger partial charge in [0.1, 0.15) is 0 Å². The number of ether oxygens (including phenoxy) is 1. The topological polar surface area (TPSA) is 24.5 Å². The molecular formula is C13H26N2O. The van der Waals surface area contributed by atoms with Gasteiger partial charge in [0.15, 0.2) is 0 Å². The third-order valence-electron chi connectivity index (χ3n) is 3.56. The van der Waals surface area contributed by atoms with Gasteiger partial charge in [-0.3, -0.25) is 4.90 Å². The lowest BCUT2D eigenvalue weighted by Crippen LogP contribution is -2.53. The molecule has 3 heteroatoms. The molecular weight excluding hydrogens is 200 g/mol. The monoisotopic (exact) mass is 226 g/mol. The van der Waals surface area contributed by atoms with E-state index in [9.17, 15) is 0 Å². The van der Waals surface area contributed by atoms with Gasteiger partial charge >= 0.3 is 0 Å². The lowest BCUT2D eigenvalue weighted by Gasteiger charge is -2.43. The molecule has 2 heterocycles. The molecule has 2 rings (SSSR count). The van der Waals surface area contributed by atoms with Gasteiger partial charge in [-0.2, -0.15) is 0 Å². The summed E-state index contributed by atoms with van der Waals surface area (Å²) in [6.45, 7) is 12.4. The minimum absolute atomic E-state index is 0.0275. The number of nitrogens with zero attached hydrogens (tertiary/aromatic N) is 1. The molecule has 2 atom stereocenters. The van der Waals surface area contributed by atoms with Gasteiger partial charge in [-0.15, -0.1) is 0 Å². The molecule has 0 aromatic rings. The van der Waals surface area contributed by atoms with Gasteiger partial charge < -0.3 is 10.1 Å². The second-order valence-electron chi connectivity index (χ2n) is 6.09.